The quantitative estimate of drug-likeness (QED) is 0.794. The van der Waals surface area contributed by atoms with Gasteiger partial charge in [-0.25, -0.2) is 13.2 Å². The Balaban J connectivity index is 2.42. The maximum absolute atomic E-state index is 12.9. The molecule has 21 heavy (non-hydrogen) atoms. The molecular formula is C13H23NO6S. The normalized spacial score (nSPS) is 27.7. The fourth-order valence-electron chi connectivity index (χ4n) is 3.07. The summed E-state index contributed by atoms with van der Waals surface area (Å²) in [6.07, 6.45) is -0.377. The van der Waals surface area contributed by atoms with Crippen LogP contribution in [0.2, 0.25) is 0 Å². The molecule has 1 atom stereocenters. The number of aliphatic hydroxyl groups is 1. The molecule has 1 heterocycles. The van der Waals surface area contributed by atoms with Gasteiger partial charge in [0.2, 0.25) is 0 Å². The van der Waals surface area contributed by atoms with Crippen molar-refractivity contribution in [1.29, 1.82) is 0 Å². The predicted octanol–water partition coefficient (Wildman–Crippen LogP) is 0.820. The summed E-state index contributed by atoms with van der Waals surface area (Å²) < 4.78 is 28.8. The van der Waals surface area contributed by atoms with E-state index in [-0.39, 0.29) is 6.61 Å². The first-order valence-electron chi connectivity index (χ1n) is 6.94. The van der Waals surface area contributed by atoms with Gasteiger partial charge in [0.05, 0.1) is 28.7 Å². The molecule has 0 aromatic carbocycles. The highest BCUT2D eigenvalue weighted by molar-refractivity contribution is 7.94. The first-order valence-corrected chi connectivity index (χ1v) is 8.42. The number of carboxylic acid groups (broad SMARTS) is 1. The van der Waals surface area contributed by atoms with E-state index in [0.717, 1.165) is 4.90 Å². The summed E-state index contributed by atoms with van der Waals surface area (Å²) in [4.78, 5) is 12.6. The van der Waals surface area contributed by atoms with Crippen LogP contribution in [-0.4, -0.2) is 64.1 Å². The second-order valence-corrected chi connectivity index (χ2v) is 9.80. The minimum absolute atomic E-state index is 0.0209. The van der Waals surface area contributed by atoms with E-state index >= 15 is 0 Å². The Bertz CT molecular complexity index is 549. The maximum atomic E-state index is 12.9. The molecule has 122 valence electrons. The van der Waals surface area contributed by atoms with Crippen LogP contribution in [-0.2, 0) is 14.6 Å². The predicted molar refractivity (Wildman–Crippen MR) is 75.7 cm³/mol. The molecule has 0 aromatic heterocycles. The highest BCUT2D eigenvalue weighted by atomic mass is 32.2. The molecule has 2 N–H and O–H groups in total. The number of aliphatic hydroxyl groups excluding tert-OH is 1. The van der Waals surface area contributed by atoms with E-state index in [4.69, 9.17) is 4.74 Å². The van der Waals surface area contributed by atoms with E-state index in [2.05, 4.69) is 0 Å². The third-order valence-corrected chi connectivity index (χ3v) is 8.19. The topological polar surface area (TPSA) is 104 Å². The number of rotatable bonds is 4. The lowest BCUT2D eigenvalue weighted by atomic mass is 10.0. The van der Waals surface area contributed by atoms with Gasteiger partial charge in [-0.2, -0.15) is 0 Å². The van der Waals surface area contributed by atoms with Crippen molar-refractivity contribution in [2.75, 3.05) is 13.2 Å². The highest BCUT2D eigenvalue weighted by Crippen LogP contribution is 2.50. The van der Waals surface area contributed by atoms with Crippen LogP contribution in [0.3, 0.4) is 0 Å². The lowest BCUT2D eigenvalue weighted by molar-refractivity contribution is -0.0427. The summed E-state index contributed by atoms with van der Waals surface area (Å²) >= 11 is 0. The van der Waals surface area contributed by atoms with Crippen LogP contribution >= 0.6 is 0 Å². The number of nitrogens with zero attached hydrogens (tertiary/aromatic N) is 1. The summed E-state index contributed by atoms with van der Waals surface area (Å²) in [6, 6.07) is -0.806. The van der Waals surface area contributed by atoms with E-state index in [1.165, 1.54) is 13.8 Å². The van der Waals surface area contributed by atoms with Crippen molar-refractivity contribution in [3.8, 4) is 0 Å². The molecule has 1 unspecified atom stereocenters. The average Bonchev–Trinajstić information content (AvgIpc) is 3.08. The number of sulfone groups is 1. The van der Waals surface area contributed by atoms with Crippen LogP contribution < -0.4 is 0 Å². The van der Waals surface area contributed by atoms with Crippen molar-refractivity contribution in [1.82, 2.24) is 4.90 Å². The number of hydrogen-bond acceptors (Lipinski definition) is 5. The molecule has 2 fully saturated rings. The Morgan fingerprint density at radius 3 is 2.29 bits per heavy atom. The Hall–Kier alpha value is -0.860. The van der Waals surface area contributed by atoms with E-state index in [0.29, 0.717) is 12.8 Å². The summed E-state index contributed by atoms with van der Waals surface area (Å²) in [5, 5.41) is 18.9. The molecule has 2 rings (SSSR count). The van der Waals surface area contributed by atoms with E-state index in [1.807, 2.05) is 0 Å². The van der Waals surface area contributed by atoms with Gasteiger partial charge in [-0.05, 0) is 40.5 Å². The standard InChI is InChI=1S/C13H23NO6S/c1-11(2,21(18,19)13(8-15)5-6-13)9-7-20-12(3,4)14(9)10(16)17/h9,15H,5-8H2,1-4H3,(H,16,17). The first-order chi connectivity index (χ1) is 9.43. The first kappa shape index (κ1) is 16.5. The van der Waals surface area contributed by atoms with Crippen molar-refractivity contribution in [2.24, 2.45) is 0 Å². The molecule has 2 aliphatic rings. The van der Waals surface area contributed by atoms with Crippen molar-refractivity contribution < 1.29 is 28.2 Å². The number of carbonyl (C=O) groups is 1. The molecule has 1 amide bonds. The van der Waals surface area contributed by atoms with Gasteiger partial charge in [0.25, 0.3) is 0 Å². The molecule has 1 aliphatic carbocycles. The molecule has 1 saturated heterocycles. The molecule has 0 aromatic rings. The zero-order valence-electron chi connectivity index (χ0n) is 12.8. The highest BCUT2D eigenvalue weighted by Gasteiger charge is 2.64. The van der Waals surface area contributed by atoms with Gasteiger partial charge in [0, 0.05) is 0 Å². The molecule has 1 saturated carbocycles. The van der Waals surface area contributed by atoms with Gasteiger partial charge >= 0.3 is 6.09 Å². The Morgan fingerprint density at radius 1 is 1.38 bits per heavy atom. The zero-order valence-corrected chi connectivity index (χ0v) is 13.6. The van der Waals surface area contributed by atoms with Crippen LogP contribution in [0.5, 0.6) is 0 Å². The summed E-state index contributed by atoms with van der Waals surface area (Å²) in [5.74, 6) is 0. The second kappa shape index (κ2) is 4.57. The van der Waals surface area contributed by atoms with Gasteiger partial charge in [0.1, 0.15) is 5.72 Å². The van der Waals surface area contributed by atoms with Gasteiger partial charge < -0.3 is 14.9 Å². The van der Waals surface area contributed by atoms with Gasteiger partial charge in [-0.3, -0.25) is 4.90 Å². The van der Waals surface area contributed by atoms with Crippen LogP contribution in [0.15, 0.2) is 0 Å². The molecule has 0 radical (unpaired) electrons. The lowest BCUT2D eigenvalue weighted by Gasteiger charge is -2.40. The number of amides is 1. The zero-order chi connectivity index (χ0) is 16.3. The second-order valence-electron chi connectivity index (χ2n) is 6.87. The Labute approximate surface area is 124 Å². The third-order valence-electron chi connectivity index (χ3n) is 4.85. The van der Waals surface area contributed by atoms with E-state index < -0.39 is 43.8 Å². The van der Waals surface area contributed by atoms with Crippen molar-refractivity contribution in [3.05, 3.63) is 0 Å². The maximum Gasteiger partial charge on any atom is 0.409 e. The van der Waals surface area contributed by atoms with Crippen molar-refractivity contribution in [2.45, 2.75) is 61.8 Å². The number of ether oxygens (including phenoxy) is 1. The molecule has 8 heteroatoms. The minimum Gasteiger partial charge on any atom is -0.465 e. The monoisotopic (exact) mass is 321 g/mol. The van der Waals surface area contributed by atoms with Gasteiger partial charge in [-0.1, -0.05) is 0 Å². The van der Waals surface area contributed by atoms with Gasteiger partial charge in [0.15, 0.2) is 9.84 Å². The minimum atomic E-state index is -3.71. The Kier molecular flexibility index (Phi) is 3.59. The number of hydrogen-bond donors (Lipinski definition) is 2. The van der Waals surface area contributed by atoms with Crippen LogP contribution in [0.4, 0.5) is 4.79 Å². The van der Waals surface area contributed by atoms with E-state index in [1.54, 1.807) is 13.8 Å². The lowest BCUT2D eigenvalue weighted by Crippen LogP contribution is -2.60. The fraction of sp³-hybridized carbons (Fsp3) is 0.923. The summed E-state index contributed by atoms with van der Waals surface area (Å²) in [6.45, 7) is 5.83. The molecular weight excluding hydrogens is 298 g/mol. The summed E-state index contributed by atoms with van der Waals surface area (Å²) in [5.41, 5.74) is -1.07. The SMILES string of the molecule is CC1(C)OCC(C(C)(C)S(=O)(=O)C2(CO)CC2)N1C(=O)O. The van der Waals surface area contributed by atoms with Crippen LogP contribution in [0.1, 0.15) is 40.5 Å². The van der Waals surface area contributed by atoms with Crippen molar-refractivity contribution >= 4 is 15.9 Å². The average molecular weight is 321 g/mol. The van der Waals surface area contributed by atoms with Crippen LogP contribution in [0, 0.1) is 0 Å². The largest absolute Gasteiger partial charge is 0.465 e. The van der Waals surface area contributed by atoms with Crippen LogP contribution in [0.25, 0.3) is 0 Å². The summed E-state index contributed by atoms with van der Waals surface area (Å²) in [7, 11) is -3.71. The Morgan fingerprint density at radius 2 is 1.90 bits per heavy atom. The smallest absolute Gasteiger partial charge is 0.409 e. The molecule has 1 aliphatic heterocycles. The van der Waals surface area contributed by atoms with Crippen molar-refractivity contribution in [3.63, 3.8) is 0 Å². The van der Waals surface area contributed by atoms with Gasteiger partial charge in [-0.15, -0.1) is 0 Å². The molecule has 0 bridgehead atoms. The fourth-order valence-corrected chi connectivity index (χ4v) is 5.52. The third kappa shape index (κ3) is 2.15. The molecule has 0 spiro atoms. The van der Waals surface area contributed by atoms with E-state index in [9.17, 15) is 23.4 Å². The molecule has 7 nitrogen and oxygen atoms in total.